The molecule has 0 bridgehead atoms. The zero-order valence-corrected chi connectivity index (χ0v) is 10.1. The number of nitrogens with two attached hydrogens (primary N) is 1. The summed E-state index contributed by atoms with van der Waals surface area (Å²) in [6, 6.07) is 0.682. The summed E-state index contributed by atoms with van der Waals surface area (Å²) in [7, 11) is 0. The highest BCUT2D eigenvalue weighted by molar-refractivity contribution is 4.83. The molecule has 0 radical (unpaired) electrons. The Morgan fingerprint density at radius 2 is 1.93 bits per heavy atom. The van der Waals surface area contributed by atoms with Gasteiger partial charge >= 0.3 is 0 Å². The van der Waals surface area contributed by atoms with Gasteiger partial charge in [0, 0.05) is 6.04 Å². The van der Waals surface area contributed by atoms with Crippen LogP contribution in [0, 0.1) is 5.41 Å². The maximum Gasteiger partial charge on any atom is 0.00789 e. The molecule has 1 rings (SSSR count). The molecule has 2 nitrogen and oxygen atoms in total. The van der Waals surface area contributed by atoms with E-state index in [9.17, 15) is 0 Å². The first-order valence-electron chi connectivity index (χ1n) is 6.05. The van der Waals surface area contributed by atoms with Crippen LogP contribution < -0.4 is 5.73 Å². The van der Waals surface area contributed by atoms with Crippen molar-refractivity contribution >= 4 is 0 Å². The van der Waals surface area contributed by atoms with Gasteiger partial charge in [-0.25, -0.2) is 0 Å². The van der Waals surface area contributed by atoms with Crippen molar-refractivity contribution in [1.82, 2.24) is 4.90 Å². The van der Waals surface area contributed by atoms with E-state index in [-0.39, 0.29) is 0 Å². The molecule has 1 fully saturated rings. The monoisotopic (exact) mass is 198 g/mol. The Labute approximate surface area is 88.8 Å². The zero-order chi connectivity index (χ0) is 10.6. The molecule has 1 aliphatic rings. The minimum atomic E-state index is 0.610. The number of likely N-dealkylation sites (tertiary alicyclic amines) is 1. The van der Waals surface area contributed by atoms with Gasteiger partial charge in [-0.05, 0) is 51.2 Å². The Balaban J connectivity index is 2.35. The molecule has 2 heteroatoms. The third-order valence-corrected chi connectivity index (χ3v) is 4.07. The van der Waals surface area contributed by atoms with Crippen LogP contribution in [-0.4, -0.2) is 30.6 Å². The lowest BCUT2D eigenvalue weighted by Crippen LogP contribution is -2.43. The van der Waals surface area contributed by atoms with Gasteiger partial charge in [0.2, 0.25) is 0 Å². The van der Waals surface area contributed by atoms with Gasteiger partial charge in [0.15, 0.2) is 0 Å². The van der Waals surface area contributed by atoms with Crippen molar-refractivity contribution in [1.29, 1.82) is 0 Å². The van der Waals surface area contributed by atoms with Crippen LogP contribution in [0.3, 0.4) is 0 Å². The summed E-state index contributed by atoms with van der Waals surface area (Å²) >= 11 is 0. The van der Waals surface area contributed by atoms with Gasteiger partial charge in [0.05, 0.1) is 0 Å². The second kappa shape index (κ2) is 5.13. The van der Waals surface area contributed by atoms with Crippen molar-refractivity contribution in [2.24, 2.45) is 11.1 Å². The molecule has 1 atom stereocenters. The van der Waals surface area contributed by atoms with Crippen LogP contribution in [0.1, 0.15) is 46.5 Å². The van der Waals surface area contributed by atoms with Crippen LogP contribution in [0.4, 0.5) is 0 Å². The summed E-state index contributed by atoms with van der Waals surface area (Å²) in [6.45, 7) is 10.4. The second-order valence-corrected chi connectivity index (χ2v) is 5.13. The van der Waals surface area contributed by atoms with Crippen molar-refractivity contribution in [3.63, 3.8) is 0 Å². The largest absolute Gasteiger partial charge is 0.330 e. The SMILES string of the molecule is CCC1(C)CCN(C(C)CCN)CC1. The van der Waals surface area contributed by atoms with Crippen LogP contribution in [0.25, 0.3) is 0 Å². The summed E-state index contributed by atoms with van der Waals surface area (Å²) in [5.41, 5.74) is 6.20. The van der Waals surface area contributed by atoms with Crippen LogP contribution >= 0.6 is 0 Å². The zero-order valence-electron chi connectivity index (χ0n) is 10.1. The van der Waals surface area contributed by atoms with E-state index in [0.717, 1.165) is 13.0 Å². The van der Waals surface area contributed by atoms with Crippen molar-refractivity contribution in [3.8, 4) is 0 Å². The third kappa shape index (κ3) is 2.96. The number of rotatable bonds is 4. The third-order valence-electron chi connectivity index (χ3n) is 4.07. The van der Waals surface area contributed by atoms with Crippen molar-refractivity contribution in [2.75, 3.05) is 19.6 Å². The number of hydrogen-bond donors (Lipinski definition) is 1. The number of piperidine rings is 1. The van der Waals surface area contributed by atoms with Crippen molar-refractivity contribution in [2.45, 2.75) is 52.5 Å². The van der Waals surface area contributed by atoms with E-state index in [1.54, 1.807) is 0 Å². The van der Waals surface area contributed by atoms with Crippen molar-refractivity contribution in [3.05, 3.63) is 0 Å². The van der Waals surface area contributed by atoms with Crippen LogP contribution in [0.15, 0.2) is 0 Å². The Kier molecular flexibility index (Phi) is 4.39. The Morgan fingerprint density at radius 1 is 1.36 bits per heavy atom. The van der Waals surface area contributed by atoms with Crippen LogP contribution in [0.5, 0.6) is 0 Å². The van der Waals surface area contributed by atoms with Gasteiger partial charge in [-0.15, -0.1) is 0 Å². The molecule has 0 aromatic heterocycles. The standard InChI is InChI=1S/C12H26N2/c1-4-12(3)6-9-14(10-7-12)11(2)5-8-13/h11H,4-10,13H2,1-3H3. The fraction of sp³-hybridized carbons (Fsp3) is 1.00. The van der Waals surface area contributed by atoms with E-state index in [2.05, 4.69) is 25.7 Å². The first-order valence-corrected chi connectivity index (χ1v) is 6.05. The van der Waals surface area contributed by atoms with E-state index in [1.807, 2.05) is 0 Å². The van der Waals surface area contributed by atoms with Crippen LogP contribution in [0.2, 0.25) is 0 Å². The van der Waals surface area contributed by atoms with E-state index in [4.69, 9.17) is 5.73 Å². The summed E-state index contributed by atoms with van der Waals surface area (Å²) in [5.74, 6) is 0. The Bertz CT molecular complexity index is 160. The van der Waals surface area contributed by atoms with Gasteiger partial charge in [-0.1, -0.05) is 20.3 Å². The summed E-state index contributed by atoms with van der Waals surface area (Å²) in [6.07, 6.45) is 5.19. The van der Waals surface area contributed by atoms with Gasteiger partial charge in [0.1, 0.15) is 0 Å². The summed E-state index contributed by atoms with van der Waals surface area (Å²) in [5, 5.41) is 0. The minimum absolute atomic E-state index is 0.610. The van der Waals surface area contributed by atoms with Gasteiger partial charge in [-0.3, -0.25) is 0 Å². The molecule has 1 saturated heterocycles. The van der Waals surface area contributed by atoms with Crippen molar-refractivity contribution < 1.29 is 0 Å². The maximum atomic E-state index is 5.59. The van der Waals surface area contributed by atoms with E-state index >= 15 is 0 Å². The lowest BCUT2D eigenvalue weighted by molar-refractivity contribution is 0.0843. The molecule has 0 saturated carbocycles. The second-order valence-electron chi connectivity index (χ2n) is 5.13. The highest BCUT2D eigenvalue weighted by atomic mass is 15.2. The molecule has 0 spiro atoms. The predicted molar refractivity (Wildman–Crippen MR) is 62.3 cm³/mol. The summed E-state index contributed by atoms with van der Waals surface area (Å²) < 4.78 is 0. The molecule has 14 heavy (non-hydrogen) atoms. The molecule has 0 aromatic carbocycles. The molecule has 1 heterocycles. The van der Waals surface area contributed by atoms with E-state index in [0.29, 0.717) is 11.5 Å². The quantitative estimate of drug-likeness (QED) is 0.750. The number of hydrogen-bond acceptors (Lipinski definition) is 2. The summed E-state index contributed by atoms with van der Waals surface area (Å²) in [4.78, 5) is 2.60. The molecular weight excluding hydrogens is 172 g/mol. The van der Waals surface area contributed by atoms with E-state index in [1.165, 1.54) is 32.4 Å². The van der Waals surface area contributed by atoms with Gasteiger partial charge in [0.25, 0.3) is 0 Å². The van der Waals surface area contributed by atoms with E-state index < -0.39 is 0 Å². The fourth-order valence-corrected chi connectivity index (χ4v) is 2.28. The topological polar surface area (TPSA) is 29.3 Å². The fourth-order valence-electron chi connectivity index (χ4n) is 2.28. The maximum absolute atomic E-state index is 5.59. The lowest BCUT2D eigenvalue weighted by Gasteiger charge is -2.41. The first-order chi connectivity index (χ1) is 6.61. The number of nitrogens with zero attached hydrogens (tertiary/aromatic N) is 1. The normalized spacial score (nSPS) is 24.9. The first kappa shape index (κ1) is 12.0. The lowest BCUT2D eigenvalue weighted by atomic mass is 9.78. The minimum Gasteiger partial charge on any atom is -0.330 e. The average molecular weight is 198 g/mol. The molecule has 0 aromatic rings. The van der Waals surface area contributed by atoms with Gasteiger partial charge < -0.3 is 10.6 Å². The molecule has 0 aliphatic carbocycles. The average Bonchev–Trinajstić information content (AvgIpc) is 2.19. The van der Waals surface area contributed by atoms with Gasteiger partial charge in [-0.2, -0.15) is 0 Å². The van der Waals surface area contributed by atoms with Crippen LogP contribution in [-0.2, 0) is 0 Å². The predicted octanol–water partition coefficient (Wildman–Crippen LogP) is 2.24. The highest BCUT2D eigenvalue weighted by Crippen LogP contribution is 2.34. The Hall–Kier alpha value is -0.0800. The Morgan fingerprint density at radius 3 is 2.36 bits per heavy atom. The molecular formula is C12H26N2. The molecule has 1 aliphatic heterocycles. The highest BCUT2D eigenvalue weighted by Gasteiger charge is 2.29. The molecule has 2 N–H and O–H groups in total. The molecule has 1 unspecified atom stereocenters. The molecule has 0 amide bonds. The molecule has 84 valence electrons. The smallest absolute Gasteiger partial charge is 0.00789 e.